The van der Waals surface area contributed by atoms with Gasteiger partial charge in [-0.25, -0.2) is 5.57 Å². The standard InChI is InChI=1S/C19H19.C9H13.2CH3.2ClH.Si.Zr/c1-12-11-19(15(4)14(3)13(12)2)18-10-9-16-7-5-6-8-17(16)18;1-6-5-7(2)9(4)8(6)3;;;;;;/h5-11H,1-4H3;6H,1-4H3;2*1H3;2*1H;;/q4*-1;;;;. The number of fused-ring (bicyclic) bond motifs is 1. The molecule has 3 aromatic carbocycles. The molecular formula is C30H40Cl2SiZr-4. The fraction of sp³-hybridized carbons (Fsp3) is 0.300. The molecule has 4 rings (SSSR count). The second-order valence-corrected chi connectivity index (χ2v) is 8.25. The van der Waals surface area contributed by atoms with Crippen LogP contribution in [0.5, 0.6) is 0 Å². The van der Waals surface area contributed by atoms with Crippen LogP contribution in [-0.2, 0) is 23.3 Å². The summed E-state index contributed by atoms with van der Waals surface area (Å²) in [4.78, 5) is 0. The number of halogens is 2. The van der Waals surface area contributed by atoms with Gasteiger partial charge in [0.05, 0.1) is 0 Å². The zero-order chi connectivity index (χ0) is 22.6. The van der Waals surface area contributed by atoms with E-state index >= 15 is 0 Å². The minimum atomic E-state index is 0. The quantitative estimate of drug-likeness (QED) is 0.196. The zero-order valence-electron chi connectivity index (χ0n) is 22.4. The van der Waals surface area contributed by atoms with Crippen molar-refractivity contribution in [3.63, 3.8) is 0 Å². The minimum absolute atomic E-state index is 0. The summed E-state index contributed by atoms with van der Waals surface area (Å²) in [7, 11) is 0. The summed E-state index contributed by atoms with van der Waals surface area (Å²) in [6.07, 6.45) is 3.36. The molecule has 0 amide bonds. The van der Waals surface area contributed by atoms with Gasteiger partial charge in [-0.1, -0.05) is 49.9 Å². The van der Waals surface area contributed by atoms with Gasteiger partial charge in [-0.05, 0) is 44.4 Å². The molecule has 0 saturated heterocycles. The first kappa shape index (κ1) is 37.8. The van der Waals surface area contributed by atoms with E-state index in [-0.39, 0.29) is 39.7 Å². The van der Waals surface area contributed by atoms with E-state index in [0.29, 0.717) is 5.92 Å². The van der Waals surface area contributed by atoms with Gasteiger partial charge in [-0.2, -0.15) is 11.1 Å². The molecule has 0 heterocycles. The number of hydrogen-bond donors (Lipinski definition) is 0. The molecule has 0 bridgehead atoms. The Morgan fingerprint density at radius 2 is 1.38 bits per heavy atom. The van der Waals surface area contributed by atoms with Gasteiger partial charge in [0.15, 0.2) is 0 Å². The van der Waals surface area contributed by atoms with E-state index in [0.717, 1.165) is 0 Å². The van der Waals surface area contributed by atoms with Crippen molar-refractivity contribution < 1.29 is 23.3 Å². The third kappa shape index (κ3) is 8.12. The van der Waals surface area contributed by atoms with E-state index in [4.69, 9.17) is 0 Å². The molecule has 186 valence electrons. The van der Waals surface area contributed by atoms with E-state index in [1.165, 1.54) is 84.2 Å². The molecule has 0 spiro atoms. The molecule has 1 aliphatic carbocycles. The van der Waals surface area contributed by atoms with Crippen LogP contribution in [-0.4, -0.2) is 6.88 Å². The number of benzene rings is 2. The van der Waals surface area contributed by atoms with Crippen molar-refractivity contribution in [3.8, 4) is 11.1 Å². The Hall–Kier alpha value is -0.790. The summed E-state index contributed by atoms with van der Waals surface area (Å²) in [5.74, 6) is 0.560. The monoisotopic (exact) mass is 588 g/mol. The van der Waals surface area contributed by atoms with Crippen LogP contribution in [0.4, 0.5) is 0 Å². The van der Waals surface area contributed by atoms with Gasteiger partial charge in [-0.15, -0.1) is 78.4 Å². The Labute approximate surface area is 239 Å². The van der Waals surface area contributed by atoms with Crippen molar-refractivity contribution in [1.29, 1.82) is 0 Å². The van der Waals surface area contributed by atoms with Gasteiger partial charge in [0.25, 0.3) is 0 Å². The summed E-state index contributed by atoms with van der Waals surface area (Å²) in [6, 6.07) is 15.4. The molecule has 1 unspecified atom stereocenters. The van der Waals surface area contributed by atoms with Crippen molar-refractivity contribution in [2.24, 2.45) is 5.92 Å². The van der Waals surface area contributed by atoms with E-state index in [9.17, 15) is 0 Å². The Morgan fingerprint density at radius 1 is 0.824 bits per heavy atom. The predicted molar refractivity (Wildman–Crippen MR) is 157 cm³/mol. The SMILES string of the molecule is CC1=[C-]C(C)C(C)=C1C.Cc1cc(-c2c[cH-]c3ccccc23)c(C)c(C)c1C.Cl.Cl.[CH3-].[CH3-].[Si]=[Zr]. The van der Waals surface area contributed by atoms with Crippen LogP contribution in [0.1, 0.15) is 49.9 Å². The van der Waals surface area contributed by atoms with Crippen LogP contribution in [0.15, 0.2) is 59.2 Å². The Bertz CT molecular complexity index is 1120. The third-order valence-electron chi connectivity index (χ3n) is 6.69. The predicted octanol–water partition coefficient (Wildman–Crippen LogP) is 9.54. The van der Waals surface area contributed by atoms with Crippen LogP contribution in [0.3, 0.4) is 0 Å². The van der Waals surface area contributed by atoms with Gasteiger partial charge in [0.1, 0.15) is 0 Å². The molecule has 4 heteroatoms. The van der Waals surface area contributed by atoms with Crippen molar-refractivity contribution >= 4 is 42.5 Å². The zero-order valence-corrected chi connectivity index (χ0v) is 27.5. The van der Waals surface area contributed by atoms with Crippen LogP contribution in [0.25, 0.3) is 21.9 Å². The fourth-order valence-electron chi connectivity index (χ4n) is 4.04. The molecule has 0 aromatic heterocycles. The third-order valence-corrected chi connectivity index (χ3v) is 6.69. The molecule has 0 N–H and O–H groups in total. The average molecular weight is 591 g/mol. The number of hydrogen-bond acceptors (Lipinski definition) is 0. The van der Waals surface area contributed by atoms with Crippen LogP contribution in [0.2, 0.25) is 0 Å². The van der Waals surface area contributed by atoms with Gasteiger partial charge in [0, 0.05) is 0 Å². The van der Waals surface area contributed by atoms with E-state index in [2.05, 4.69) is 111 Å². The summed E-state index contributed by atoms with van der Waals surface area (Å²) in [5, 5.41) is 2.68. The van der Waals surface area contributed by atoms with E-state index < -0.39 is 0 Å². The molecule has 0 fully saturated rings. The first-order valence-electron chi connectivity index (χ1n) is 10.5. The normalized spacial score (nSPS) is 13.5. The Kier molecular flexibility index (Phi) is 18.7. The first-order chi connectivity index (χ1) is 14.2. The summed E-state index contributed by atoms with van der Waals surface area (Å²) in [6.45, 7) is 20.6. The molecule has 1 atom stereocenters. The summed E-state index contributed by atoms with van der Waals surface area (Å²) >= 11 is 1.36. The van der Waals surface area contributed by atoms with Gasteiger partial charge in [0.2, 0.25) is 0 Å². The molecule has 1 aliphatic rings. The summed E-state index contributed by atoms with van der Waals surface area (Å²) in [5.41, 5.74) is 12.6. The Balaban J connectivity index is -0.000000555. The van der Waals surface area contributed by atoms with E-state index in [1.54, 1.807) is 0 Å². The first-order valence-corrected chi connectivity index (χ1v) is 14.7. The second kappa shape index (κ2) is 16.8. The summed E-state index contributed by atoms with van der Waals surface area (Å²) < 4.78 is 0. The van der Waals surface area contributed by atoms with Crippen molar-refractivity contribution in [3.05, 3.63) is 102 Å². The number of allylic oxidation sites excluding steroid dienone is 4. The maximum absolute atomic E-state index is 3.36. The van der Waals surface area contributed by atoms with E-state index in [1.807, 2.05) is 0 Å². The van der Waals surface area contributed by atoms with Crippen molar-refractivity contribution in [2.75, 3.05) is 0 Å². The number of aryl methyl sites for hydroxylation is 1. The van der Waals surface area contributed by atoms with Crippen molar-refractivity contribution in [1.82, 2.24) is 0 Å². The van der Waals surface area contributed by atoms with Gasteiger partial charge < -0.3 is 14.9 Å². The molecule has 0 nitrogen and oxygen atoms in total. The fourth-order valence-corrected chi connectivity index (χ4v) is 4.04. The molecule has 3 aromatic rings. The maximum atomic E-state index is 3.36. The topological polar surface area (TPSA) is 0 Å². The molecule has 0 aliphatic heterocycles. The van der Waals surface area contributed by atoms with Gasteiger partial charge >= 0.3 is 30.2 Å². The number of rotatable bonds is 1. The van der Waals surface area contributed by atoms with Crippen LogP contribution >= 0.6 is 24.8 Å². The second-order valence-electron chi connectivity index (χ2n) is 8.25. The Morgan fingerprint density at radius 3 is 1.85 bits per heavy atom. The van der Waals surface area contributed by atoms with Gasteiger partial charge in [-0.3, -0.25) is 6.08 Å². The average Bonchev–Trinajstić information content (AvgIpc) is 3.28. The molecule has 34 heavy (non-hydrogen) atoms. The van der Waals surface area contributed by atoms with Crippen LogP contribution in [0, 0.1) is 54.5 Å². The molecule has 0 saturated carbocycles. The van der Waals surface area contributed by atoms with Crippen molar-refractivity contribution in [2.45, 2.75) is 55.4 Å². The van der Waals surface area contributed by atoms with Crippen LogP contribution < -0.4 is 0 Å². The molecular weight excluding hydrogens is 551 g/mol. The molecule has 2 radical (unpaired) electrons.